The quantitative estimate of drug-likeness (QED) is 0.619. The zero-order valence-electron chi connectivity index (χ0n) is 13.2. The van der Waals surface area contributed by atoms with Crippen molar-refractivity contribution in [1.82, 2.24) is 0 Å². The highest BCUT2D eigenvalue weighted by molar-refractivity contribution is 6.04. The minimum atomic E-state index is -0.569. The summed E-state index contributed by atoms with van der Waals surface area (Å²) in [6.07, 6.45) is 3.68. The van der Waals surface area contributed by atoms with Crippen LogP contribution >= 0.6 is 0 Å². The highest BCUT2D eigenvalue weighted by atomic mass is 16.5. The second-order valence-corrected chi connectivity index (χ2v) is 6.49. The number of allylic oxidation sites excluding steroid dienone is 2. The molecule has 0 saturated heterocycles. The number of ether oxygens (including phenoxy) is 1. The van der Waals surface area contributed by atoms with E-state index in [0.717, 1.165) is 5.57 Å². The van der Waals surface area contributed by atoms with Gasteiger partial charge in [-0.1, -0.05) is 23.8 Å². The molecule has 3 rings (SSSR count). The summed E-state index contributed by atoms with van der Waals surface area (Å²) in [5.74, 6) is -0.0705. The smallest absolute Gasteiger partial charge is 0.338 e. The van der Waals surface area contributed by atoms with Gasteiger partial charge in [-0.2, -0.15) is 0 Å². The number of esters is 1. The van der Waals surface area contributed by atoms with Gasteiger partial charge in [0, 0.05) is 24.2 Å². The molecule has 4 nitrogen and oxygen atoms in total. The van der Waals surface area contributed by atoms with Gasteiger partial charge in [-0.15, -0.1) is 0 Å². The fourth-order valence-electron chi connectivity index (χ4n) is 3.87. The van der Waals surface area contributed by atoms with Gasteiger partial charge >= 0.3 is 5.97 Å². The number of ketones is 2. The van der Waals surface area contributed by atoms with Crippen molar-refractivity contribution in [3.05, 3.63) is 47.5 Å². The van der Waals surface area contributed by atoms with Crippen LogP contribution < -0.4 is 0 Å². The van der Waals surface area contributed by atoms with E-state index in [0.29, 0.717) is 31.2 Å². The molecule has 2 atom stereocenters. The molecule has 120 valence electrons. The number of carbonyl (C=O) groups excluding carboxylic acids is 3. The molecule has 1 fully saturated rings. The van der Waals surface area contributed by atoms with Crippen LogP contribution in [0.3, 0.4) is 0 Å². The number of hydrogen-bond acceptors (Lipinski definition) is 4. The van der Waals surface area contributed by atoms with Crippen molar-refractivity contribution in [2.45, 2.75) is 32.6 Å². The molecule has 0 radical (unpaired) electrons. The molecular formula is C19H20O4. The number of rotatable bonds is 5. The second-order valence-electron chi connectivity index (χ2n) is 6.49. The summed E-state index contributed by atoms with van der Waals surface area (Å²) in [6.45, 7) is 2.20. The van der Waals surface area contributed by atoms with Crippen LogP contribution in [0.15, 0.2) is 42.0 Å². The Morgan fingerprint density at radius 2 is 2.00 bits per heavy atom. The first-order chi connectivity index (χ1) is 11.0. The minimum absolute atomic E-state index is 0.0484. The molecule has 0 amide bonds. The van der Waals surface area contributed by atoms with Crippen molar-refractivity contribution in [2.75, 3.05) is 6.61 Å². The predicted molar refractivity (Wildman–Crippen MR) is 84.9 cm³/mol. The topological polar surface area (TPSA) is 60.4 Å². The molecule has 4 heteroatoms. The third-order valence-corrected chi connectivity index (χ3v) is 5.02. The highest BCUT2D eigenvalue weighted by Crippen LogP contribution is 2.53. The molecule has 2 aliphatic carbocycles. The maximum Gasteiger partial charge on any atom is 0.338 e. The lowest BCUT2D eigenvalue weighted by molar-refractivity contribution is -0.126. The van der Waals surface area contributed by atoms with Gasteiger partial charge in [-0.3, -0.25) is 9.59 Å². The SMILES string of the molecule is CC1=CC(=O)[C@]2(CCCOC(=O)c3ccccc3)CC(=O)C[C@H]12. The third-order valence-electron chi connectivity index (χ3n) is 5.02. The van der Waals surface area contributed by atoms with E-state index in [1.54, 1.807) is 30.3 Å². The Labute approximate surface area is 135 Å². The van der Waals surface area contributed by atoms with Crippen LogP contribution in [0, 0.1) is 11.3 Å². The van der Waals surface area contributed by atoms with Crippen molar-refractivity contribution in [1.29, 1.82) is 0 Å². The lowest BCUT2D eigenvalue weighted by Crippen LogP contribution is -2.30. The summed E-state index contributed by atoms with van der Waals surface area (Å²) in [5.41, 5.74) is 0.969. The summed E-state index contributed by atoms with van der Waals surface area (Å²) in [6, 6.07) is 8.83. The van der Waals surface area contributed by atoms with Crippen molar-refractivity contribution < 1.29 is 19.1 Å². The van der Waals surface area contributed by atoms with Gasteiger partial charge in [0.25, 0.3) is 0 Å². The molecule has 1 aromatic carbocycles. The van der Waals surface area contributed by atoms with E-state index in [9.17, 15) is 14.4 Å². The lowest BCUT2D eigenvalue weighted by Gasteiger charge is -2.27. The number of fused-ring (bicyclic) bond motifs is 1. The van der Waals surface area contributed by atoms with Crippen LogP contribution in [0.5, 0.6) is 0 Å². The van der Waals surface area contributed by atoms with Crippen molar-refractivity contribution in [3.63, 3.8) is 0 Å². The predicted octanol–water partition coefficient (Wildman–Crippen LogP) is 3.12. The Balaban J connectivity index is 1.55. The van der Waals surface area contributed by atoms with Crippen LogP contribution in [-0.2, 0) is 14.3 Å². The third kappa shape index (κ3) is 2.85. The maximum atomic E-state index is 12.3. The van der Waals surface area contributed by atoms with Crippen LogP contribution in [-0.4, -0.2) is 24.1 Å². The molecule has 0 aromatic heterocycles. The van der Waals surface area contributed by atoms with E-state index < -0.39 is 5.41 Å². The largest absolute Gasteiger partial charge is 0.462 e. The first-order valence-electron chi connectivity index (χ1n) is 7.99. The minimum Gasteiger partial charge on any atom is -0.462 e. The average Bonchev–Trinajstić information content (AvgIpc) is 2.99. The van der Waals surface area contributed by atoms with Gasteiger partial charge in [0.15, 0.2) is 5.78 Å². The Morgan fingerprint density at radius 3 is 2.74 bits per heavy atom. The van der Waals surface area contributed by atoms with Crippen LogP contribution in [0.2, 0.25) is 0 Å². The lowest BCUT2D eigenvalue weighted by atomic mass is 9.74. The fourth-order valence-corrected chi connectivity index (χ4v) is 3.87. The van der Waals surface area contributed by atoms with E-state index in [2.05, 4.69) is 0 Å². The molecule has 0 aliphatic heterocycles. The first-order valence-corrected chi connectivity index (χ1v) is 7.99. The van der Waals surface area contributed by atoms with Gasteiger partial charge in [0.1, 0.15) is 5.78 Å². The van der Waals surface area contributed by atoms with E-state index in [4.69, 9.17) is 4.74 Å². The van der Waals surface area contributed by atoms with Crippen LogP contribution in [0.25, 0.3) is 0 Å². The van der Waals surface area contributed by atoms with Crippen LogP contribution in [0.4, 0.5) is 0 Å². The van der Waals surface area contributed by atoms with E-state index in [-0.39, 0.29) is 30.1 Å². The number of Topliss-reactive ketones (excluding diaryl/α,β-unsaturated/α-hetero) is 1. The molecular weight excluding hydrogens is 292 g/mol. The Hall–Kier alpha value is -2.23. The molecule has 0 unspecified atom stereocenters. The molecule has 1 aromatic rings. The van der Waals surface area contributed by atoms with Crippen LogP contribution in [0.1, 0.15) is 43.0 Å². The fraction of sp³-hybridized carbons (Fsp3) is 0.421. The standard InChI is InChI=1S/C19H20O4/c1-13-10-17(21)19(12-15(20)11-16(13)19)8-5-9-23-18(22)14-6-3-2-4-7-14/h2-4,6-7,10,16H,5,8-9,11-12H2,1H3/t16-,19-/m1/s1. The van der Waals surface area contributed by atoms with E-state index >= 15 is 0 Å². The van der Waals surface area contributed by atoms with Gasteiger partial charge in [0.2, 0.25) is 0 Å². The average molecular weight is 312 g/mol. The summed E-state index contributed by atoms with van der Waals surface area (Å²) in [5, 5.41) is 0. The van der Waals surface area contributed by atoms with Gasteiger partial charge in [-0.25, -0.2) is 4.79 Å². The first kappa shape index (κ1) is 15.7. The molecule has 1 saturated carbocycles. The normalized spacial score (nSPS) is 26.1. The zero-order valence-corrected chi connectivity index (χ0v) is 13.2. The molecule has 23 heavy (non-hydrogen) atoms. The Morgan fingerprint density at radius 1 is 1.26 bits per heavy atom. The summed E-state index contributed by atoms with van der Waals surface area (Å²) < 4.78 is 5.27. The van der Waals surface area contributed by atoms with Gasteiger partial charge in [0.05, 0.1) is 12.2 Å². The summed E-state index contributed by atoms with van der Waals surface area (Å²) in [7, 11) is 0. The molecule has 0 N–H and O–H groups in total. The highest BCUT2D eigenvalue weighted by Gasteiger charge is 2.54. The van der Waals surface area contributed by atoms with Gasteiger partial charge in [-0.05, 0) is 38.0 Å². The maximum absolute atomic E-state index is 12.3. The monoisotopic (exact) mass is 312 g/mol. The molecule has 2 aliphatic rings. The van der Waals surface area contributed by atoms with E-state index in [1.807, 2.05) is 13.0 Å². The second kappa shape index (κ2) is 6.11. The number of carbonyl (C=O) groups is 3. The van der Waals surface area contributed by atoms with Crippen molar-refractivity contribution in [3.8, 4) is 0 Å². The molecule has 0 bridgehead atoms. The van der Waals surface area contributed by atoms with E-state index in [1.165, 1.54) is 0 Å². The number of hydrogen-bond donors (Lipinski definition) is 0. The molecule has 0 heterocycles. The van der Waals surface area contributed by atoms with Gasteiger partial charge < -0.3 is 4.74 Å². The zero-order chi connectivity index (χ0) is 16.4. The molecule has 0 spiro atoms. The van der Waals surface area contributed by atoms with Crippen molar-refractivity contribution in [2.24, 2.45) is 11.3 Å². The van der Waals surface area contributed by atoms with Crippen molar-refractivity contribution >= 4 is 17.5 Å². The number of benzene rings is 1. The Kier molecular flexibility index (Phi) is 4.16. The Bertz CT molecular complexity index is 674. The summed E-state index contributed by atoms with van der Waals surface area (Å²) >= 11 is 0. The summed E-state index contributed by atoms with van der Waals surface area (Å²) in [4.78, 5) is 36.0.